The molecule has 0 atom stereocenters. The topological polar surface area (TPSA) is 27.1 Å². The molecule has 0 radical (unpaired) electrons. The predicted octanol–water partition coefficient (Wildman–Crippen LogP) is 5.19. The molecule has 1 aromatic heterocycles. The average molecular weight is 386 g/mol. The fourth-order valence-corrected chi connectivity index (χ4v) is 3.05. The molecule has 1 heterocycles. The maximum atomic E-state index is 6.22. The highest BCUT2D eigenvalue weighted by Crippen LogP contribution is 2.30. The van der Waals surface area contributed by atoms with E-state index in [1.807, 2.05) is 41.0 Å². The molecule has 0 bridgehead atoms. The lowest BCUT2D eigenvalue weighted by molar-refractivity contribution is 0.415. The molecule has 0 aliphatic rings. The summed E-state index contributed by atoms with van der Waals surface area (Å²) in [5, 5.41) is 0.548. The molecule has 0 saturated heterocycles. The third-order valence-corrected chi connectivity index (χ3v) is 4.23. The highest BCUT2D eigenvalue weighted by atomic mass is 79.9. The number of methoxy groups -OCH3 is 1. The van der Waals surface area contributed by atoms with Gasteiger partial charge in [0.15, 0.2) is 0 Å². The van der Waals surface area contributed by atoms with Gasteiger partial charge >= 0.3 is 0 Å². The summed E-state index contributed by atoms with van der Waals surface area (Å²) in [5.41, 5.74) is 2.76. The first-order valence-electron chi connectivity index (χ1n) is 6.21. The Bertz CT molecular complexity index is 817. The average Bonchev–Trinajstić information content (AvgIpc) is 2.84. The summed E-state index contributed by atoms with van der Waals surface area (Å²) >= 11 is 15.7. The zero-order valence-corrected chi connectivity index (χ0v) is 14.2. The first-order valence-corrected chi connectivity index (χ1v) is 7.91. The second kappa shape index (κ2) is 5.87. The van der Waals surface area contributed by atoms with Crippen molar-refractivity contribution in [3.05, 3.63) is 51.7 Å². The molecule has 2 aromatic carbocycles. The van der Waals surface area contributed by atoms with Gasteiger partial charge < -0.3 is 4.74 Å². The highest BCUT2D eigenvalue weighted by molar-refractivity contribution is 9.10. The Morgan fingerprint density at radius 3 is 2.71 bits per heavy atom. The van der Waals surface area contributed by atoms with Gasteiger partial charge in [0.1, 0.15) is 11.6 Å². The lowest BCUT2D eigenvalue weighted by Crippen LogP contribution is -1.99. The molecule has 108 valence electrons. The Morgan fingerprint density at radius 1 is 1.24 bits per heavy atom. The minimum Gasteiger partial charge on any atom is -0.495 e. The van der Waals surface area contributed by atoms with E-state index >= 15 is 0 Å². The Kier molecular flexibility index (Phi) is 4.11. The molecular weight excluding hydrogens is 375 g/mol. The van der Waals surface area contributed by atoms with Crippen molar-refractivity contribution in [2.45, 2.75) is 5.88 Å². The number of halogens is 3. The summed E-state index contributed by atoms with van der Waals surface area (Å²) < 4.78 is 8.17. The molecule has 3 rings (SSSR count). The summed E-state index contributed by atoms with van der Waals surface area (Å²) in [6, 6.07) is 11.5. The number of aromatic nitrogens is 2. The molecule has 0 saturated carbocycles. The SMILES string of the molecule is COc1ccc(-n2c(CCl)nc3ccc(Br)cc32)cc1Cl. The van der Waals surface area contributed by atoms with E-state index in [4.69, 9.17) is 27.9 Å². The number of nitrogens with zero attached hydrogens (tertiary/aromatic N) is 2. The monoisotopic (exact) mass is 384 g/mol. The molecule has 0 spiro atoms. The van der Waals surface area contributed by atoms with Gasteiger partial charge in [0.25, 0.3) is 0 Å². The second-order valence-corrected chi connectivity index (χ2v) is 6.04. The molecule has 3 aromatic rings. The van der Waals surface area contributed by atoms with Crippen LogP contribution in [0, 0.1) is 0 Å². The van der Waals surface area contributed by atoms with E-state index in [1.54, 1.807) is 7.11 Å². The van der Waals surface area contributed by atoms with Crippen LogP contribution in [0.5, 0.6) is 5.75 Å². The molecule has 0 N–H and O–H groups in total. The summed E-state index contributed by atoms with van der Waals surface area (Å²) in [5.74, 6) is 1.72. The molecular formula is C15H11BrCl2N2O. The number of hydrogen-bond donors (Lipinski definition) is 0. The van der Waals surface area contributed by atoms with Crippen LogP contribution in [0.1, 0.15) is 5.82 Å². The van der Waals surface area contributed by atoms with Gasteiger partial charge in [-0.1, -0.05) is 27.5 Å². The summed E-state index contributed by atoms with van der Waals surface area (Å²) in [6.07, 6.45) is 0. The Hall–Kier alpha value is -1.23. The molecule has 3 nitrogen and oxygen atoms in total. The standard InChI is InChI=1S/C15H11BrCl2N2O/c1-21-14-5-3-10(7-11(14)18)20-13-6-9(16)2-4-12(13)19-15(20)8-17/h2-7H,8H2,1H3. The zero-order chi connectivity index (χ0) is 15.0. The molecule has 0 amide bonds. The summed E-state index contributed by atoms with van der Waals surface area (Å²) in [4.78, 5) is 4.56. The quantitative estimate of drug-likeness (QED) is 0.580. The number of benzene rings is 2. The van der Waals surface area contributed by atoms with E-state index in [0.717, 1.165) is 27.0 Å². The normalized spacial score (nSPS) is 11.0. The van der Waals surface area contributed by atoms with Crippen molar-refractivity contribution in [2.75, 3.05) is 7.11 Å². The Morgan fingerprint density at radius 2 is 2.05 bits per heavy atom. The minimum absolute atomic E-state index is 0.315. The molecule has 21 heavy (non-hydrogen) atoms. The van der Waals surface area contributed by atoms with Crippen LogP contribution in [0.2, 0.25) is 5.02 Å². The molecule has 0 aliphatic heterocycles. The van der Waals surface area contributed by atoms with Gasteiger partial charge in [-0.2, -0.15) is 0 Å². The van der Waals surface area contributed by atoms with E-state index in [0.29, 0.717) is 16.7 Å². The van der Waals surface area contributed by atoms with Crippen LogP contribution >= 0.6 is 39.1 Å². The number of alkyl halides is 1. The van der Waals surface area contributed by atoms with Crippen LogP contribution in [-0.4, -0.2) is 16.7 Å². The summed E-state index contributed by atoms with van der Waals surface area (Å²) in [7, 11) is 1.59. The van der Waals surface area contributed by atoms with Gasteiger partial charge in [-0.15, -0.1) is 11.6 Å². The van der Waals surface area contributed by atoms with E-state index in [2.05, 4.69) is 20.9 Å². The Labute approximate surface area is 140 Å². The number of fused-ring (bicyclic) bond motifs is 1. The maximum absolute atomic E-state index is 6.22. The minimum atomic E-state index is 0.315. The van der Waals surface area contributed by atoms with E-state index in [9.17, 15) is 0 Å². The molecule has 6 heteroatoms. The van der Waals surface area contributed by atoms with E-state index in [1.165, 1.54) is 0 Å². The fraction of sp³-hybridized carbons (Fsp3) is 0.133. The third-order valence-electron chi connectivity index (χ3n) is 3.20. The van der Waals surface area contributed by atoms with Gasteiger partial charge in [-0.05, 0) is 36.4 Å². The number of hydrogen-bond acceptors (Lipinski definition) is 2. The summed E-state index contributed by atoms with van der Waals surface area (Å²) in [6.45, 7) is 0. The highest BCUT2D eigenvalue weighted by Gasteiger charge is 2.13. The van der Waals surface area contributed by atoms with Crippen LogP contribution in [0.15, 0.2) is 40.9 Å². The van der Waals surface area contributed by atoms with Gasteiger partial charge in [0, 0.05) is 10.2 Å². The molecule has 0 fully saturated rings. The lowest BCUT2D eigenvalue weighted by Gasteiger charge is -2.10. The van der Waals surface area contributed by atoms with Gasteiger partial charge in [0.2, 0.25) is 0 Å². The van der Waals surface area contributed by atoms with Gasteiger partial charge in [-0.25, -0.2) is 4.98 Å². The smallest absolute Gasteiger partial charge is 0.137 e. The van der Waals surface area contributed by atoms with Crippen molar-refractivity contribution < 1.29 is 4.74 Å². The van der Waals surface area contributed by atoms with Crippen molar-refractivity contribution in [3.63, 3.8) is 0 Å². The Balaban J connectivity index is 2.27. The van der Waals surface area contributed by atoms with Crippen molar-refractivity contribution in [1.82, 2.24) is 9.55 Å². The van der Waals surface area contributed by atoms with Crippen LogP contribution in [-0.2, 0) is 5.88 Å². The third kappa shape index (κ3) is 2.63. The van der Waals surface area contributed by atoms with E-state index in [-0.39, 0.29) is 0 Å². The lowest BCUT2D eigenvalue weighted by atomic mass is 10.2. The first-order chi connectivity index (χ1) is 10.1. The first kappa shape index (κ1) is 14.7. The number of rotatable bonds is 3. The second-order valence-electron chi connectivity index (χ2n) is 4.45. The number of imidazole rings is 1. The van der Waals surface area contributed by atoms with Gasteiger partial charge in [-0.3, -0.25) is 4.57 Å². The maximum Gasteiger partial charge on any atom is 0.137 e. The number of ether oxygens (including phenoxy) is 1. The van der Waals surface area contributed by atoms with E-state index < -0.39 is 0 Å². The van der Waals surface area contributed by atoms with Crippen molar-refractivity contribution in [1.29, 1.82) is 0 Å². The van der Waals surface area contributed by atoms with Crippen molar-refractivity contribution in [3.8, 4) is 11.4 Å². The largest absolute Gasteiger partial charge is 0.495 e. The van der Waals surface area contributed by atoms with Crippen molar-refractivity contribution >= 4 is 50.2 Å². The fourth-order valence-electron chi connectivity index (χ4n) is 2.27. The molecule has 0 unspecified atom stereocenters. The van der Waals surface area contributed by atoms with Crippen LogP contribution < -0.4 is 4.74 Å². The molecule has 0 aliphatic carbocycles. The van der Waals surface area contributed by atoms with Crippen LogP contribution in [0.4, 0.5) is 0 Å². The van der Waals surface area contributed by atoms with Gasteiger partial charge in [0.05, 0.1) is 29.0 Å². The van der Waals surface area contributed by atoms with Crippen LogP contribution in [0.3, 0.4) is 0 Å². The predicted molar refractivity (Wildman–Crippen MR) is 89.9 cm³/mol. The van der Waals surface area contributed by atoms with Crippen LogP contribution in [0.25, 0.3) is 16.7 Å². The van der Waals surface area contributed by atoms with Crippen molar-refractivity contribution in [2.24, 2.45) is 0 Å². The zero-order valence-electron chi connectivity index (χ0n) is 11.1.